The van der Waals surface area contributed by atoms with Gasteiger partial charge in [0.25, 0.3) is 0 Å². The number of ether oxygens (including phenoxy) is 1. The minimum absolute atomic E-state index is 0.0305. The molecule has 0 bridgehead atoms. The SMILES string of the molecule is COCC(O)CN(CC(=O)O)CP(=O)(O)O. The zero-order valence-corrected chi connectivity index (χ0v) is 9.71. The second-order valence-electron chi connectivity index (χ2n) is 3.32. The average molecular weight is 257 g/mol. The molecular weight excluding hydrogens is 241 g/mol. The fourth-order valence-electron chi connectivity index (χ4n) is 1.17. The summed E-state index contributed by atoms with van der Waals surface area (Å²) in [5.41, 5.74) is 0. The van der Waals surface area contributed by atoms with Crippen molar-refractivity contribution in [3.63, 3.8) is 0 Å². The molecular formula is C7H16NO7P. The van der Waals surface area contributed by atoms with E-state index < -0.39 is 32.5 Å². The number of nitrogens with zero attached hydrogens (tertiary/aromatic N) is 1. The summed E-state index contributed by atoms with van der Waals surface area (Å²) < 4.78 is 15.3. The molecule has 4 N–H and O–H groups in total. The van der Waals surface area contributed by atoms with Crippen molar-refractivity contribution in [1.29, 1.82) is 0 Å². The van der Waals surface area contributed by atoms with Crippen molar-refractivity contribution in [2.45, 2.75) is 6.10 Å². The van der Waals surface area contributed by atoms with Crippen LogP contribution >= 0.6 is 7.60 Å². The molecule has 0 aromatic rings. The summed E-state index contributed by atoms with van der Waals surface area (Å²) >= 11 is 0. The van der Waals surface area contributed by atoms with Crippen molar-refractivity contribution in [2.24, 2.45) is 0 Å². The van der Waals surface area contributed by atoms with Gasteiger partial charge < -0.3 is 24.7 Å². The fourth-order valence-corrected chi connectivity index (χ4v) is 1.90. The summed E-state index contributed by atoms with van der Waals surface area (Å²) in [5, 5.41) is 17.8. The number of carboxylic acids is 1. The molecule has 96 valence electrons. The molecule has 0 radical (unpaired) electrons. The van der Waals surface area contributed by atoms with Gasteiger partial charge in [0.1, 0.15) is 6.29 Å². The molecule has 0 aliphatic heterocycles. The van der Waals surface area contributed by atoms with Crippen LogP contribution in [0.4, 0.5) is 0 Å². The Bertz CT molecular complexity index is 265. The summed E-state index contributed by atoms with van der Waals surface area (Å²) in [6, 6.07) is 0. The lowest BCUT2D eigenvalue weighted by Gasteiger charge is -2.23. The number of carbonyl (C=O) groups is 1. The summed E-state index contributed by atoms with van der Waals surface area (Å²) in [6.45, 7) is -0.756. The Morgan fingerprint density at radius 1 is 1.50 bits per heavy atom. The van der Waals surface area contributed by atoms with E-state index >= 15 is 0 Å². The van der Waals surface area contributed by atoms with Gasteiger partial charge in [0, 0.05) is 13.7 Å². The lowest BCUT2D eigenvalue weighted by molar-refractivity contribution is -0.138. The van der Waals surface area contributed by atoms with E-state index in [0.29, 0.717) is 0 Å². The van der Waals surface area contributed by atoms with Gasteiger partial charge in [-0.2, -0.15) is 0 Å². The Labute approximate surface area is 92.6 Å². The van der Waals surface area contributed by atoms with E-state index in [0.717, 1.165) is 4.90 Å². The summed E-state index contributed by atoms with van der Waals surface area (Å²) in [5.74, 6) is -1.22. The second-order valence-corrected chi connectivity index (χ2v) is 4.93. The van der Waals surface area contributed by atoms with Gasteiger partial charge in [0.2, 0.25) is 0 Å². The number of hydrogen-bond acceptors (Lipinski definition) is 5. The predicted octanol–water partition coefficient (Wildman–Crippen LogP) is -1.48. The van der Waals surface area contributed by atoms with E-state index in [1.54, 1.807) is 0 Å². The van der Waals surface area contributed by atoms with Crippen LogP contribution in [0.3, 0.4) is 0 Å². The van der Waals surface area contributed by atoms with Crippen LogP contribution < -0.4 is 0 Å². The Kier molecular flexibility index (Phi) is 6.73. The Morgan fingerprint density at radius 2 is 2.06 bits per heavy atom. The third-order valence-electron chi connectivity index (χ3n) is 1.57. The molecule has 0 aliphatic carbocycles. The minimum atomic E-state index is -4.34. The molecule has 16 heavy (non-hydrogen) atoms. The van der Waals surface area contributed by atoms with Crippen LogP contribution in [0.15, 0.2) is 0 Å². The summed E-state index contributed by atoms with van der Waals surface area (Å²) in [4.78, 5) is 28.8. The van der Waals surface area contributed by atoms with E-state index in [2.05, 4.69) is 4.74 Å². The van der Waals surface area contributed by atoms with Crippen LogP contribution in [0.2, 0.25) is 0 Å². The molecule has 0 heterocycles. The van der Waals surface area contributed by atoms with Crippen LogP contribution in [0.1, 0.15) is 0 Å². The molecule has 0 saturated heterocycles. The normalized spacial score (nSPS) is 14.1. The van der Waals surface area contributed by atoms with Crippen LogP contribution in [0, 0.1) is 0 Å². The third kappa shape index (κ3) is 8.78. The van der Waals surface area contributed by atoms with Crippen LogP contribution in [0.5, 0.6) is 0 Å². The third-order valence-corrected chi connectivity index (χ3v) is 2.34. The van der Waals surface area contributed by atoms with E-state index in [1.165, 1.54) is 7.11 Å². The highest BCUT2D eigenvalue weighted by atomic mass is 31.2. The summed E-state index contributed by atoms with van der Waals surface area (Å²) in [6.07, 6.45) is -1.70. The highest BCUT2D eigenvalue weighted by molar-refractivity contribution is 7.51. The van der Waals surface area contributed by atoms with E-state index in [-0.39, 0.29) is 13.2 Å². The van der Waals surface area contributed by atoms with Gasteiger partial charge >= 0.3 is 13.6 Å². The molecule has 0 saturated carbocycles. The van der Waals surface area contributed by atoms with E-state index in [4.69, 9.17) is 14.9 Å². The first kappa shape index (κ1) is 15.5. The first-order valence-corrected chi connectivity index (χ1v) is 6.20. The van der Waals surface area contributed by atoms with Gasteiger partial charge in [-0.15, -0.1) is 0 Å². The van der Waals surface area contributed by atoms with Crippen molar-refractivity contribution >= 4 is 13.6 Å². The quantitative estimate of drug-likeness (QED) is 0.387. The predicted molar refractivity (Wildman–Crippen MR) is 54.0 cm³/mol. The topological polar surface area (TPSA) is 128 Å². The van der Waals surface area contributed by atoms with Gasteiger partial charge in [0.15, 0.2) is 0 Å². The first-order chi connectivity index (χ1) is 7.24. The van der Waals surface area contributed by atoms with E-state index in [9.17, 15) is 14.5 Å². The molecule has 0 rings (SSSR count). The smallest absolute Gasteiger partial charge is 0.339 e. The van der Waals surface area contributed by atoms with Crippen molar-refractivity contribution in [3.05, 3.63) is 0 Å². The maximum Gasteiger partial charge on any atom is 0.339 e. The number of aliphatic hydroxyl groups excluding tert-OH is 1. The Morgan fingerprint density at radius 3 is 2.44 bits per heavy atom. The fraction of sp³-hybridized carbons (Fsp3) is 0.857. The van der Waals surface area contributed by atoms with Gasteiger partial charge in [-0.1, -0.05) is 0 Å². The number of rotatable bonds is 8. The van der Waals surface area contributed by atoms with Crippen molar-refractivity contribution in [1.82, 2.24) is 4.90 Å². The Balaban J connectivity index is 4.31. The second kappa shape index (κ2) is 6.95. The Hall–Kier alpha value is -0.500. The van der Waals surface area contributed by atoms with Crippen molar-refractivity contribution in [3.8, 4) is 0 Å². The van der Waals surface area contributed by atoms with E-state index in [1.807, 2.05) is 0 Å². The molecule has 0 aromatic carbocycles. The molecule has 9 heteroatoms. The zero-order chi connectivity index (χ0) is 12.8. The molecule has 0 aromatic heterocycles. The molecule has 8 nitrogen and oxygen atoms in total. The molecule has 1 atom stereocenters. The van der Waals surface area contributed by atoms with Gasteiger partial charge in [-0.05, 0) is 0 Å². The summed E-state index contributed by atoms with van der Waals surface area (Å²) in [7, 11) is -2.99. The first-order valence-electron chi connectivity index (χ1n) is 4.40. The molecule has 1 unspecified atom stereocenters. The monoisotopic (exact) mass is 257 g/mol. The lowest BCUT2D eigenvalue weighted by Crippen LogP contribution is -2.38. The molecule has 0 amide bonds. The maximum atomic E-state index is 10.7. The highest BCUT2D eigenvalue weighted by Crippen LogP contribution is 2.34. The van der Waals surface area contributed by atoms with Crippen LogP contribution in [-0.2, 0) is 14.1 Å². The van der Waals surface area contributed by atoms with Crippen molar-refractivity contribution in [2.75, 3.05) is 33.1 Å². The van der Waals surface area contributed by atoms with Gasteiger partial charge in [0.05, 0.1) is 19.3 Å². The number of carboxylic acid groups (broad SMARTS) is 1. The number of aliphatic hydroxyl groups is 1. The maximum absolute atomic E-state index is 10.7. The lowest BCUT2D eigenvalue weighted by atomic mass is 10.3. The molecule has 0 spiro atoms. The van der Waals surface area contributed by atoms with Gasteiger partial charge in [-0.3, -0.25) is 14.3 Å². The van der Waals surface area contributed by atoms with Crippen LogP contribution in [0.25, 0.3) is 0 Å². The standard InChI is InChI=1S/C7H16NO7P/c1-15-4-6(9)2-8(3-7(10)11)5-16(12,13)14/h6,9H,2-5H2,1H3,(H,10,11)(H2,12,13,14). The number of aliphatic carboxylic acids is 1. The number of methoxy groups -OCH3 is 1. The highest BCUT2D eigenvalue weighted by Gasteiger charge is 2.23. The number of hydrogen-bond donors (Lipinski definition) is 4. The van der Waals surface area contributed by atoms with Crippen LogP contribution in [-0.4, -0.2) is 70.1 Å². The van der Waals surface area contributed by atoms with Crippen molar-refractivity contribution < 1.29 is 34.1 Å². The molecule has 0 aliphatic rings. The largest absolute Gasteiger partial charge is 0.480 e. The average Bonchev–Trinajstić information content (AvgIpc) is 1.98. The van der Waals surface area contributed by atoms with Gasteiger partial charge in [-0.25, -0.2) is 0 Å². The zero-order valence-electron chi connectivity index (χ0n) is 8.81. The molecule has 0 fully saturated rings. The minimum Gasteiger partial charge on any atom is -0.480 e.